The predicted octanol–water partition coefficient (Wildman–Crippen LogP) is 4.22. The summed E-state index contributed by atoms with van der Waals surface area (Å²) in [5, 5.41) is 2.99. The zero-order valence-electron chi connectivity index (χ0n) is 12.1. The Bertz CT molecular complexity index is 612. The summed E-state index contributed by atoms with van der Waals surface area (Å²) in [5.74, 6) is 0.851. The van der Waals surface area contributed by atoms with E-state index in [-0.39, 0.29) is 11.9 Å². The van der Waals surface area contributed by atoms with Crippen LogP contribution in [-0.2, 0) is 11.2 Å². The summed E-state index contributed by atoms with van der Waals surface area (Å²) in [6.07, 6.45) is 1.15. The number of ether oxygens (including phenoxy) is 1. The van der Waals surface area contributed by atoms with Crippen LogP contribution in [0.25, 0.3) is 0 Å². The van der Waals surface area contributed by atoms with Gasteiger partial charge in [-0.25, -0.2) is 0 Å². The van der Waals surface area contributed by atoms with Crippen molar-refractivity contribution >= 4 is 28.8 Å². The van der Waals surface area contributed by atoms with Gasteiger partial charge in [0, 0.05) is 11.3 Å². The molecule has 0 aliphatic heterocycles. The first-order valence-electron chi connectivity index (χ1n) is 6.76. The molecule has 0 saturated carbocycles. The molecule has 0 radical (unpaired) electrons. The summed E-state index contributed by atoms with van der Waals surface area (Å²) in [6.45, 7) is 1.96. The minimum Gasteiger partial charge on any atom is -0.497 e. The van der Waals surface area contributed by atoms with E-state index in [0.29, 0.717) is 12.8 Å². The lowest BCUT2D eigenvalue weighted by Gasteiger charge is -2.12. The van der Waals surface area contributed by atoms with Crippen LogP contribution in [0.2, 0.25) is 4.34 Å². The van der Waals surface area contributed by atoms with Gasteiger partial charge >= 0.3 is 0 Å². The van der Waals surface area contributed by atoms with Crippen molar-refractivity contribution < 1.29 is 9.53 Å². The standard InChI is InChI=1S/C16H18ClNO2S/c1-11(14-7-8-15(17)21-14)18-16(19)9-6-12-4-3-5-13(10-12)20-2/h3-5,7-8,10-11H,6,9H2,1-2H3,(H,18,19). The van der Waals surface area contributed by atoms with Crippen LogP contribution in [0.3, 0.4) is 0 Å². The van der Waals surface area contributed by atoms with Crippen LogP contribution in [0, 0.1) is 0 Å². The van der Waals surface area contributed by atoms with E-state index in [9.17, 15) is 4.79 Å². The van der Waals surface area contributed by atoms with E-state index >= 15 is 0 Å². The molecule has 2 aromatic rings. The lowest BCUT2D eigenvalue weighted by molar-refractivity contribution is -0.121. The van der Waals surface area contributed by atoms with Crippen molar-refractivity contribution in [2.75, 3.05) is 7.11 Å². The van der Waals surface area contributed by atoms with Gasteiger partial charge in [0.1, 0.15) is 5.75 Å². The molecule has 0 fully saturated rings. The molecule has 5 heteroatoms. The number of rotatable bonds is 6. The Morgan fingerprint density at radius 3 is 2.86 bits per heavy atom. The van der Waals surface area contributed by atoms with Gasteiger partial charge in [-0.15, -0.1) is 11.3 Å². The van der Waals surface area contributed by atoms with Gasteiger partial charge in [-0.1, -0.05) is 23.7 Å². The summed E-state index contributed by atoms with van der Waals surface area (Å²) < 4.78 is 5.91. The zero-order chi connectivity index (χ0) is 15.2. The molecule has 1 atom stereocenters. The Balaban J connectivity index is 1.84. The smallest absolute Gasteiger partial charge is 0.220 e. The lowest BCUT2D eigenvalue weighted by Crippen LogP contribution is -2.26. The van der Waals surface area contributed by atoms with E-state index in [1.54, 1.807) is 7.11 Å². The molecule has 0 aliphatic rings. The molecule has 1 amide bonds. The largest absolute Gasteiger partial charge is 0.497 e. The van der Waals surface area contributed by atoms with Crippen molar-refractivity contribution in [1.82, 2.24) is 5.32 Å². The Morgan fingerprint density at radius 1 is 1.38 bits per heavy atom. The zero-order valence-corrected chi connectivity index (χ0v) is 13.6. The van der Waals surface area contributed by atoms with Gasteiger partial charge in [0.25, 0.3) is 0 Å². The molecule has 1 N–H and O–H groups in total. The van der Waals surface area contributed by atoms with Gasteiger partial charge in [0.05, 0.1) is 17.5 Å². The van der Waals surface area contributed by atoms with E-state index in [2.05, 4.69) is 5.32 Å². The maximum atomic E-state index is 12.0. The number of thiophene rings is 1. The quantitative estimate of drug-likeness (QED) is 0.864. The monoisotopic (exact) mass is 323 g/mol. The molecular weight excluding hydrogens is 306 g/mol. The number of amides is 1. The first-order chi connectivity index (χ1) is 10.1. The Labute approximate surface area is 133 Å². The number of hydrogen-bond acceptors (Lipinski definition) is 3. The maximum Gasteiger partial charge on any atom is 0.220 e. The third-order valence-corrected chi connectivity index (χ3v) is 4.59. The summed E-state index contributed by atoms with van der Waals surface area (Å²) in [7, 11) is 1.64. The molecule has 2 rings (SSSR count). The second-order valence-electron chi connectivity index (χ2n) is 4.78. The van der Waals surface area contributed by atoms with E-state index in [1.807, 2.05) is 43.3 Å². The first-order valence-corrected chi connectivity index (χ1v) is 7.95. The van der Waals surface area contributed by atoms with Crippen molar-refractivity contribution in [3.8, 4) is 5.75 Å². The molecule has 0 bridgehead atoms. The minimum atomic E-state index is -0.0136. The highest BCUT2D eigenvalue weighted by Crippen LogP contribution is 2.26. The molecule has 3 nitrogen and oxygen atoms in total. The SMILES string of the molecule is COc1cccc(CCC(=O)NC(C)c2ccc(Cl)s2)c1. The molecule has 112 valence electrons. The maximum absolute atomic E-state index is 12.0. The molecule has 21 heavy (non-hydrogen) atoms. The Hall–Kier alpha value is -1.52. The highest BCUT2D eigenvalue weighted by atomic mass is 35.5. The highest BCUT2D eigenvalue weighted by molar-refractivity contribution is 7.16. The number of nitrogens with one attached hydrogen (secondary N) is 1. The number of aryl methyl sites for hydroxylation is 1. The molecular formula is C16H18ClNO2S. The number of benzene rings is 1. The van der Waals surface area contributed by atoms with Crippen molar-refractivity contribution in [2.24, 2.45) is 0 Å². The summed E-state index contributed by atoms with van der Waals surface area (Å²) in [4.78, 5) is 13.1. The number of hydrogen-bond donors (Lipinski definition) is 1. The fourth-order valence-corrected chi connectivity index (χ4v) is 3.09. The van der Waals surface area contributed by atoms with Gasteiger partial charge in [-0.3, -0.25) is 4.79 Å². The van der Waals surface area contributed by atoms with Crippen LogP contribution in [0.15, 0.2) is 36.4 Å². The van der Waals surface area contributed by atoms with Gasteiger partial charge in [-0.2, -0.15) is 0 Å². The van der Waals surface area contributed by atoms with E-state index in [0.717, 1.165) is 20.5 Å². The van der Waals surface area contributed by atoms with Crippen molar-refractivity contribution in [3.05, 3.63) is 51.2 Å². The number of methoxy groups -OCH3 is 1. The number of carbonyl (C=O) groups is 1. The second-order valence-corrected chi connectivity index (χ2v) is 6.53. The van der Waals surface area contributed by atoms with Crippen LogP contribution in [-0.4, -0.2) is 13.0 Å². The third kappa shape index (κ3) is 4.76. The van der Waals surface area contributed by atoms with Gasteiger partial charge in [-0.05, 0) is 43.2 Å². The van der Waals surface area contributed by atoms with Crippen LogP contribution >= 0.6 is 22.9 Å². The van der Waals surface area contributed by atoms with E-state index < -0.39 is 0 Å². The van der Waals surface area contributed by atoms with Gasteiger partial charge in [0.15, 0.2) is 0 Å². The summed E-state index contributed by atoms with van der Waals surface area (Å²) in [6, 6.07) is 11.6. The molecule has 1 aromatic heterocycles. The van der Waals surface area contributed by atoms with Crippen molar-refractivity contribution in [1.29, 1.82) is 0 Å². The fourth-order valence-electron chi connectivity index (χ4n) is 2.03. The van der Waals surface area contributed by atoms with Crippen molar-refractivity contribution in [2.45, 2.75) is 25.8 Å². The van der Waals surface area contributed by atoms with E-state index in [1.165, 1.54) is 11.3 Å². The van der Waals surface area contributed by atoms with Crippen LogP contribution < -0.4 is 10.1 Å². The molecule has 0 saturated heterocycles. The predicted molar refractivity (Wildman–Crippen MR) is 87.2 cm³/mol. The van der Waals surface area contributed by atoms with Gasteiger partial charge in [0.2, 0.25) is 5.91 Å². The summed E-state index contributed by atoms with van der Waals surface area (Å²) >= 11 is 7.40. The number of halogens is 1. The Kier molecular flexibility index (Phi) is 5.65. The summed E-state index contributed by atoms with van der Waals surface area (Å²) in [5.41, 5.74) is 1.09. The number of carbonyl (C=O) groups excluding carboxylic acids is 1. The minimum absolute atomic E-state index is 0.0136. The molecule has 1 unspecified atom stereocenters. The second kappa shape index (κ2) is 7.48. The normalized spacial score (nSPS) is 12.0. The van der Waals surface area contributed by atoms with Crippen molar-refractivity contribution in [3.63, 3.8) is 0 Å². The molecule has 1 heterocycles. The van der Waals surface area contributed by atoms with Crippen LogP contribution in [0.4, 0.5) is 0 Å². The van der Waals surface area contributed by atoms with E-state index in [4.69, 9.17) is 16.3 Å². The van der Waals surface area contributed by atoms with Crippen LogP contribution in [0.5, 0.6) is 5.75 Å². The fraction of sp³-hybridized carbons (Fsp3) is 0.312. The molecule has 0 spiro atoms. The average Bonchev–Trinajstić information content (AvgIpc) is 2.92. The highest BCUT2D eigenvalue weighted by Gasteiger charge is 2.11. The third-order valence-electron chi connectivity index (χ3n) is 3.17. The topological polar surface area (TPSA) is 38.3 Å². The molecule has 0 aliphatic carbocycles. The Morgan fingerprint density at radius 2 is 2.19 bits per heavy atom. The van der Waals surface area contributed by atoms with Gasteiger partial charge < -0.3 is 10.1 Å². The first kappa shape index (κ1) is 15.9. The average molecular weight is 324 g/mol. The van der Waals surface area contributed by atoms with Crippen LogP contribution in [0.1, 0.15) is 29.8 Å². The molecule has 1 aromatic carbocycles. The lowest BCUT2D eigenvalue weighted by atomic mass is 10.1.